The molecule has 0 aromatic heterocycles. The first kappa shape index (κ1) is 9.95. The quantitative estimate of drug-likeness (QED) is 0.322. The molecule has 6 aliphatic carbocycles. The molecular weight excluding hydrogens is 345 g/mol. The lowest BCUT2D eigenvalue weighted by molar-refractivity contribution is 0.132. The molecule has 17 heavy (non-hydrogen) atoms. The molecule has 0 aromatic carbocycles. The van der Waals surface area contributed by atoms with Crippen LogP contribution in [0, 0.1) is 47.3 Å². The van der Waals surface area contributed by atoms with Crippen molar-refractivity contribution >= 4 is 45.6 Å². The summed E-state index contributed by atoms with van der Waals surface area (Å²) in [5.41, 5.74) is 9.78. The van der Waals surface area contributed by atoms with Gasteiger partial charge in [0.25, 0.3) is 0 Å². The molecule has 3 N–H and O–H groups in total. The molecule has 3 nitrogen and oxygen atoms in total. The van der Waals surface area contributed by atoms with Crippen molar-refractivity contribution in [2.24, 2.45) is 58.2 Å². The number of alkyl halides is 1. The largest absolute Gasteiger partial charge is 0.375 e. The third-order valence-corrected chi connectivity index (χ3v) is 8.09. The Bertz CT molecular complexity index is 476. The number of hydrogen-bond donors (Lipinski definition) is 2. The monoisotopic (exact) mass is 359 g/mol. The summed E-state index contributed by atoms with van der Waals surface area (Å²) in [7, 11) is 0. The van der Waals surface area contributed by atoms with Gasteiger partial charge in [0.15, 0.2) is 5.11 Å². The lowest BCUT2D eigenvalue weighted by Crippen LogP contribution is -2.30. The molecule has 6 fully saturated rings. The number of nitrogens with one attached hydrogen (secondary N) is 1. The summed E-state index contributed by atoms with van der Waals surface area (Å²) >= 11 is 7.59. The van der Waals surface area contributed by atoms with Crippen LogP contribution >= 0.6 is 34.8 Å². The van der Waals surface area contributed by atoms with Gasteiger partial charge in [-0.2, -0.15) is 5.10 Å². The molecule has 9 unspecified atom stereocenters. The van der Waals surface area contributed by atoms with E-state index >= 15 is 0 Å². The number of rotatable bonds is 1. The number of hydrogen-bond acceptors (Lipinski definition) is 2. The Morgan fingerprint density at radius 2 is 2.00 bits per heavy atom. The second-order valence-corrected chi connectivity index (χ2v) is 8.26. The molecule has 6 rings (SSSR count). The zero-order chi connectivity index (χ0) is 11.5. The topological polar surface area (TPSA) is 50.4 Å². The van der Waals surface area contributed by atoms with Crippen LogP contribution in [0.15, 0.2) is 5.10 Å². The van der Waals surface area contributed by atoms with Crippen molar-refractivity contribution in [3.8, 4) is 0 Å². The van der Waals surface area contributed by atoms with Crippen LogP contribution in [0.2, 0.25) is 0 Å². The highest BCUT2D eigenvalue weighted by atomic mass is 127. The maximum Gasteiger partial charge on any atom is 0.184 e. The molecule has 0 saturated heterocycles. The Hall–Kier alpha value is 0.0900. The highest BCUT2D eigenvalue weighted by molar-refractivity contribution is 14.1. The molecule has 6 saturated carbocycles. The van der Waals surface area contributed by atoms with E-state index in [0.717, 1.165) is 51.3 Å². The molecule has 0 amide bonds. The van der Waals surface area contributed by atoms with E-state index < -0.39 is 0 Å². The van der Waals surface area contributed by atoms with Gasteiger partial charge in [0.05, 0.1) is 0 Å². The SMILES string of the molecule is NC(=S)NN=C1C2C3C(I)C4C5CC(C1C53)C24. The summed E-state index contributed by atoms with van der Waals surface area (Å²) in [6.45, 7) is 0. The van der Waals surface area contributed by atoms with Gasteiger partial charge in [-0.1, -0.05) is 22.6 Å². The first-order valence-electron chi connectivity index (χ1n) is 6.47. The minimum absolute atomic E-state index is 0.307. The second kappa shape index (κ2) is 2.81. The van der Waals surface area contributed by atoms with E-state index in [1.54, 1.807) is 0 Å². The van der Waals surface area contributed by atoms with Crippen LogP contribution in [0.4, 0.5) is 0 Å². The standard InChI is InChI=1S/C12H14IN3S/c13-10-6-2-1-3-4(6)9-8(10)5(2)7(3)11(9)15-16-12(14)17/h2-10H,1H2,(H3,14,16,17). The Morgan fingerprint density at radius 1 is 1.24 bits per heavy atom. The molecule has 0 spiro atoms. The predicted molar refractivity (Wildman–Crippen MR) is 77.7 cm³/mol. The third kappa shape index (κ3) is 0.856. The molecule has 0 aliphatic heterocycles. The van der Waals surface area contributed by atoms with E-state index in [1.807, 2.05) is 0 Å². The predicted octanol–water partition coefficient (Wildman–Crippen LogP) is 1.37. The zero-order valence-electron chi connectivity index (χ0n) is 9.21. The van der Waals surface area contributed by atoms with Crippen LogP contribution < -0.4 is 11.2 Å². The Labute approximate surface area is 119 Å². The van der Waals surface area contributed by atoms with Gasteiger partial charge >= 0.3 is 0 Å². The van der Waals surface area contributed by atoms with Gasteiger partial charge in [0, 0.05) is 21.5 Å². The molecule has 6 aliphatic rings. The van der Waals surface area contributed by atoms with E-state index in [0.29, 0.717) is 5.11 Å². The number of nitrogens with zero attached hydrogens (tertiary/aromatic N) is 1. The van der Waals surface area contributed by atoms with Gasteiger partial charge in [-0.3, -0.25) is 5.43 Å². The van der Waals surface area contributed by atoms with E-state index in [4.69, 9.17) is 18.0 Å². The van der Waals surface area contributed by atoms with Crippen LogP contribution in [-0.2, 0) is 0 Å². The van der Waals surface area contributed by atoms with Crippen molar-refractivity contribution in [2.75, 3.05) is 0 Å². The summed E-state index contributed by atoms with van der Waals surface area (Å²) in [4.78, 5) is 0. The maximum absolute atomic E-state index is 5.50. The Morgan fingerprint density at radius 3 is 2.71 bits per heavy atom. The van der Waals surface area contributed by atoms with Crippen molar-refractivity contribution in [3.63, 3.8) is 0 Å². The lowest BCUT2D eigenvalue weighted by atomic mass is 9.71. The summed E-state index contributed by atoms with van der Waals surface area (Å²) in [5, 5.41) is 4.88. The van der Waals surface area contributed by atoms with Crippen molar-refractivity contribution in [2.45, 2.75) is 10.3 Å². The van der Waals surface area contributed by atoms with Gasteiger partial charge in [0.2, 0.25) is 0 Å². The number of hydrazone groups is 1. The van der Waals surface area contributed by atoms with Crippen molar-refractivity contribution in [1.82, 2.24) is 5.43 Å². The van der Waals surface area contributed by atoms with E-state index in [-0.39, 0.29) is 0 Å². The average Bonchev–Trinajstić information content (AvgIpc) is 2.97. The van der Waals surface area contributed by atoms with Crippen molar-refractivity contribution in [1.29, 1.82) is 0 Å². The lowest BCUT2D eigenvalue weighted by Gasteiger charge is -2.32. The normalized spacial score (nSPS) is 65.7. The van der Waals surface area contributed by atoms with Crippen LogP contribution in [0.5, 0.6) is 0 Å². The first-order chi connectivity index (χ1) is 8.20. The van der Waals surface area contributed by atoms with Gasteiger partial charge in [0.1, 0.15) is 0 Å². The smallest absolute Gasteiger partial charge is 0.184 e. The zero-order valence-corrected chi connectivity index (χ0v) is 12.2. The summed E-state index contributed by atoms with van der Waals surface area (Å²) < 4.78 is 0.921. The molecule has 0 heterocycles. The van der Waals surface area contributed by atoms with Crippen LogP contribution in [-0.4, -0.2) is 14.7 Å². The second-order valence-electron chi connectivity index (χ2n) is 6.38. The van der Waals surface area contributed by atoms with Gasteiger partial charge in [-0.15, -0.1) is 0 Å². The number of halogens is 1. The fourth-order valence-electron chi connectivity index (χ4n) is 6.49. The maximum atomic E-state index is 5.50. The molecule has 6 bridgehead atoms. The first-order valence-corrected chi connectivity index (χ1v) is 8.12. The van der Waals surface area contributed by atoms with Crippen LogP contribution in [0.1, 0.15) is 6.42 Å². The third-order valence-electron chi connectivity index (χ3n) is 6.34. The molecular formula is C12H14IN3S. The molecule has 0 radical (unpaired) electrons. The fraction of sp³-hybridized carbons (Fsp3) is 0.833. The van der Waals surface area contributed by atoms with E-state index in [1.165, 1.54) is 12.1 Å². The highest BCUT2D eigenvalue weighted by Crippen LogP contribution is 2.82. The fourth-order valence-corrected chi connectivity index (χ4v) is 8.48. The molecule has 5 heteroatoms. The molecule has 9 atom stereocenters. The highest BCUT2D eigenvalue weighted by Gasteiger charge is 2.82. The summed E-state index contributed by atoms with van der Waals surface area (Å²) in [6.07, 6.45) is 1.49. The minimum Gasteiger partial charge on any atom is -0.375 e. The van der Waals surface area contributed by atoms with Crippen molar-refractivity contribution in [3.05, 3.63) is 0 Å². The molecule has 0 aromatic rings. The Balaban J connectivity index is 1.62. The Kier molecular flexibility index (Phi) is 1.65. The average molecular weight is 359 g/mol. The summed E-state index contributed by atoms with van der Waals surface area (Å²) in [6, 6.07) is 0. The number of nitrogens with two attached hydrogens (primary N) is 1. The van der Waals surface area contributed by atoms with Crippen LogP contribution in [0.25, 0.3) is 0 Å². The molecule has 90 valence electrons. The van der Waals surface area contributed by atoms with Gasteiger partial charge in [-0.25, -0.2) is 0 Å². The minimum atomic E-state index is 0.307. The summed E-state index contributed by atoms with van der Waals surface area (Å²) in [5.74, 6) is 7.46. The van der Waals surface area contributed by atoms with E-state index in [9.17, 15) is 0 Å². The van der Waals surface area contributed by atoms with Crippen LogP contribution in [0.3, 0.4) is 0 Å². The van der Waals surface area contributed by atoms with Crippen molar-refractivity contribution < 1.29 is 0 Å². The number of thiocarbonyl (C=S) groups is 1. The van der Waals surface area contributed by atoms with Gasteiger partial charge < -0.3 is 5.73 Å². The van der Waals surface area contributed by atoms with E-state index in [2.05, 4.69) is 33.1 Å². The van der Waals surface area contributed by atoms with Gasteiger partial charge in [-0.05, 0) is 54.1 Å².